The van der Waals surface area contributed by atoms with Gasteiger partial charge in [0.15, 0.2) is 0 Å². The summed E-state index contributed by atoms with van der Waals surface area (Å²) in [6, 6.07) is 3.48. The molecule has 2 fully saturated rings. The molecule has 2 N–H and O–H groups in total. The molecule has 2 aliphatic heterocycles. The maximum atomic E-state index is 12.7. The number of H-pyrrole nitrogens is 1. The number of hydrogen-bond donors (Lipinski definition) is 2. The predicted octanol–water partition coefficient (Wildman–Crippen LogP) is 1.90. The van der Waals surface area contributed by atoms with E-state index in [0.717, 1.165) is 29.3 Å². The number of amides is 2. The smallest absolute Gasteiger partial charge is 0.321 e. The van der Waals surface area contributed by atoms with Gasteiger partial charge in [0.05, 0.1) is 17.5 Å². The Balaban J connectivity index is 1.47. The Morgan fingerprint density at radius 1 is 1.31 bits per heavy atom. The second-order valence-corrected chi connectivity index (χ2v) is 9.12. The summed E-state index contributed by atoms with van der Waals surface area (Å²) in [5.41, 5.74) is 2.62. The summed E-state index contributed by atoms with van der Waals surface area (Å²) in [6.07, 6.45) is 4.06. The largest absolute Gasteiger partial charge is 0.323 e. The molecule has 1 aromatic heterocycles. The number of likely N-dealkylation sites (tertiary alicyclic amines) is 1. The highest BCUT2D eigenvalue weighted by atomic mass is 32.2. The van der Waals surface area contributed by atoms with Crippen LogP contribution < -0.4 is 5.32 Å². The van der Waals surface area contributed by atoms with Crippen molar-refractivity contribution in [2.75, 3.05) is 30.7 Å². The van der Waals surface area contributed by atoms with E-state index in [4.69, 9.17) is 0 Å². The maximum absolute atomic E-state index is 12.7. The third kappa shape index (κ3) is 3.16. The Bertz CT molecular complexity index is 939. The Kier molecular flexibility index (Phi) is 4.36. The summed E-state index contributed by atoms with van der Waals surface area (Å²) >= 11 is 0. The molecular weight excluding hydrogens is 354 g/mol. The quantitative estimate of drug-likeness (QED) is 0.835. The zero-order valence-corrected chi connectivity index (χ0v) is 15.6. The van der Waals surface area contributed by atoms with Gasteiger partial charge in [0, 0.05) is 36.7 Å². The number of urea groups is 1. The Hall–Kier alpha value is -2.13. The van der Waals surface area contributed by atoms with Crippen LogP contribution in [0.3, 0.4) is 0 Å². The molecule has 0 aliphatic carbocycles. The van der Waals surface area contributed by atoms with Gasteiger partial charge < -0.3 is 10.2 Å². The lowest BCUT2D eigenvalue weighted by atomic mass is 10.1. The number of rotatable bonds is 2. The lowest BCUT2D eigenvalue weighted by molar-refractivity contribution is 0.163. The van der Waals surface area contributed by atoms with Crippen LogP contribution in [0.5, 0.6) is 0 Å². The van der Waals surface area contributed by atoms with E-state index < -0.39 is 10.0 Å². The fourth-order valence-corrected chi connectivity index (χ4v) is 5.71. The van der Waals surface area contributed by atoms with Crippen LogP contribution in [0.25, 0.3) is 10.9 Å². The molecule has 9 heteroatoms. The van der Waals surface area contributed by atoms with Gasteiger partial charge in [-0.15, -0.1) is 0 Å². The molecule has 3 heterocycles. The van der Waals surface area contributed by atoms with Crippen LogP contribution in [0.4, 0.5) is 10.5 Å². The van der Waals surface area contributed by atoms with Crippen molar-refractivity contribution < 1.29 is 13.2 Å². The third-order valence-corrected chi connectivity index (χ3v) is 7.25. The highest BCUT2D eigenvalue weighted by Crippen LogP contribution is 2.25. The van der Waals surface area contributed by atoms with Crippen molar-refractivity contribution in [2.24, 2.45) is 0 Å². The van der Waals surface area contributed by atoms with E-state index in [1.165, 1.54) is 0 Å². The summed E-state index contributed by atoms with van der Waals surface area (Å²) in [7, 11) is -3.15. The fraction of sp³-hybridized carbons (Fsp3) is 0.529. The number of hydrogen-bond acceptors (Lipinski definition) is 4. The first-order valence-corrected chi connectivity index (χ1v) is 10.5. The van der Waals surface area contributed by atoms with Gasteiger partial charge >= 0.3 is 6.03 Å². The molecule has 2 aromatic rings. The number of benzene rings is 1. The van der Waals surface area contributed by atoms with E-state index in [9.17, 15) is 13.2 Å². The number of sulfonamides is 1. The van der Waals surface area contributed by atoms with E-state index in [1.54, 1.807) is 15.4 Å². The van der Waals surface area contributed by atoms with Gasteiger partial charge in [-0.2, -0.15) is 9.40 Å². The molecule has 26 heavy (non-hydrogen) atoms. The summed E-state index contributed by atoms with van der Waals surface area (Å²) in [5, 5.41) is 10.9. The number of nitrogens with zero attached hydrogens (tertiary/aromatic N) is 3. The Morgan fingerprint density at radius 3 is 2.92 bits per heavy atom. The predicted molar refractivity (Wildman–Crippen MR) is 99.6 cm³/mol. The molecule has 2 aliphatic rings. The summed E-state index contributed by atoms with van der Waals surface area (Å²) in [6.45, 7) is 3.62. The number of aromatic amines is 1. The highest BCUT2D eigenvalue weighted by Gasteiger charge is 2.37. The number of carbonyl (C=O) groups is 1. The van der Waals surface area contributed by atoms with E-state index in [-0.39, 0.29) is 17.8 Å². The monoisotopic (exact) mass is 377 g/mol. The minimum atomic E-state index is -3.15. The first kappa shape index (κ1) is 17.3. The normalized spacial score (nSPS) is 23.4. The van der Waals surface area contributed by atoms with Crippen LogP contribution in [0.15, 0.2) is 18.3 Å². The zero-order valence-electron chi connectivity index (χ0n) is 14.7. The van der Waals surface area contributed by atoms with E-state index in [1.807, 2.05) is 19.1 Å². The summed E-state index contributed by atoms with van der Waals surface area (Å²) in [5.74, 6) is 0.221. The number of anilines is 1. The third-order valence-electron chi connectivity index (χ3n) is 5.25. The van der Waals surface area contributed by atoms with Crippen molar-refractivity contribution in [1.82, 2.24) is 19.4 Å². The van der Waals surface area contributed by atoms with Crippen molar-refractivity contribution in [3.05, 3.63) is 23.9 Å². The zero-order chi connectivity index (χ0) is 18.3. The van der Waals surface area contributed by atoms with Crippen LogP contribution in [0, 0.1) is 6.92 Å². The summed E-state index contributed by atoms with van der Waals surface area (Å²) in [4.78, 5) is 14.4. The summed E-state index contributed by atoms with van der Waals surface area (Å²) < 4.78 is 25.9. The van der Waals surface area contributed by atoms with Gasteiger partial charge in [0.2, 0.25) is 10.0 Å². The number of fused-ring (bicyclic) bond motifs is 1. The van der Waals surface area contributed by atoms with Gasteiger partial charge in [0.25, 0.3) is 0 Å². The Morgan fingerprint density at radius 2 is 2.15 bits per heavy atom. The molecule has 2 amide bonds. The minimum absolute atomic E-state index is 0.112. The number of aryl methyl sites for hydroxylation is 1. The SMILES string of the molecule is Cc1cc(NC(=O)N2CCCC(N3CCCS3(=O)=O)C2)cc2[nH]ncc12. The molecule has 8 nitrogen and oxygen atoms in total. The molecule has 140 valence electrons. The lowest BCUT2D eigenvalue weighted by Crippen LogP contribution is -2.51. The average Bonchev–Trinajstić information content (AvgIpc) is 3.21. The average molecular weight is 377 g/mol. The van der Waals surface area contributed by atoms with Crippen molar-refractivity contribution in [2.45, 2.75) is 32.2 Å². The van der Waals surface area contributed by atoms with Crippen LogP contribution in [0.2, 0.25) is 0 Å². The van der Waals surface area contributed by atoms with Crippen LogP contribution in [-0.2, 0) is 10.0 Å². The molecule has 1 atom stereocenters. The van der Waals surface area contributed by atoms with Gasteiger partial charge in [-0.25, -0.2) is 13.2 Å². The van der Waals surface area contributed by atoms with Crippen LogP contribution >= 0.6 is 0 Å². The lowest BCUT2D eigenvalue weighted by Gasteiger charge is -2.36. The highest BCUT2D eigenvalue weighted by molar-refractivity contribution is 7.89. The standard InChI is InChI=1S/C17H23N5O3S/c1-12-8-13(9-16-15(12)10-18-20-16)19-17(23)21-5-2-4-14(11-21)22-6-3-7-26(22,24)25/h8-10,14H,2-7,11H2,1H3,(H,18,20)(H,19,23). The second kappa shape index (κ2) is 6.55. The number of carbonyl (C=O) groups excluding carboxylic acids is 1. The van der Waals surface area contributed by atoms with E-state index in [0.29, 0.717) is 31.7 Å². The van der Waals surface area contributed by atoms with Gasteiger partial charge in [-0.05, 0) is 43.9 Å². The first-order valence-electron chi connectivity index (χ1n) is 8.93. The molecule has 1 aromatic carbocycles. The van der Waals surface area contributed by atoms with Gasteiger partial charge in [-0.3, -0.25) is 5.10 Å². The Labute approximate surface area is 152 Å². The van der Waals surface area contributed by atoms with Gasteiger partial charge in [-0.1, -0.05) is 0 Å². The minimum Gasteiger partial charge on any atom is -0.323 e. The number of aromatic nitrogens is 2. The molecule has 0 spiro atoms. The molecule has 1 unspecified atom stereocenters. The molecule has 2 saturated heterocycles. The maximum Gasteiger partial charge on any atom is 0.321 e. The second-order valence-electron chi connectivity index (χ2n) is 7.08. The topological polar surface area (TPSA) is 98.4 Å². The van der Waals surface area contributed by atoms with Crippen molar-refractivity contribution >= 4 is 32.6 Å². The molecule has 0 bridgehead atoms. The van der Waals surface area contributed by atoms with Crippen molar-refractivity contribution in [3.63, 3.8) is 0 Å². The molecular formula is C17H23N5O3S. The van der Waals surface area contributed by atoms with Crippen LogP contribution in [0.1, 0.15) is 24.8 Å². The molecule has 0 saturated carbocycles. The number of piperidine rings is 1. The molecule has 0 radical (unpaired) electrons. The first-order chi connectivity index (χ1) is 12.4. The van der Waals surface area contributed by atoms with E-state index >= 15 is 0 Å². The molecule has 4 rings (SSSR count). The van der Waals surface area contributed by atoms with Gasteiger partial charge in [0.1, 0.15) is 0 Å². The number of nitrogens with one attached hydrogen (secondary N) is 2. The van der Waals surface area contributed by atoms with Crippen molar-refractivity contribution in [1.29, 1.82) is 0 Å². The fourth-order valence-electron chi connectivity index (χ4n) is 3.95. The van der Waals surface area contributed by atoms with E-state index in [2.05, 4.69) is 15.5 Å². The van der Waals surface area contributed by atoms with Crippen molar-refractivity contribution in [3.8, 4) is 0 Å². The van der Waals surface area contributed by atoms with Crippen LogP contribution in [-0.4, -0.2) is 65.3 Å².